The van der Waals surface area contributed by atoms with E-state index in [2.05, 4.69) is 20.3 Å². The maximum absolute atomic E-state index is 5.83. The number of nitrogens with two attached hydrogens (primary N) is 1. The summed E-state index contributed by atoms with van der Waals surface area (Å²) in [6.07, 6.45) is 0.713. The van der Waals surface area contributed by atoms with Gasteiger partial charge in [-0.1, -0.05) is 0 Å². The predicted octanol–water partition coefficient (Wildman–Crippen LogP) is 2.27. The Hall–Kier alpha value is -2.37. The molecule has 21 heavy (non-hydrogen) atoms. The Kier molecular flexibility index (Phi) is 4.57. The highest BCUT2D eigenvalue weighted by molar-refractivity contribution is 5.90. The van der Waals surface area contributed by atoms with E-state index in [-0.39, 0.29) is 0 Å². The van der Waals surface area contributed by atoms with Crippen LogP contribution in [0, 0.1) is 27.7 Å². The van der Waals surface area contributed by atoms with Gasteiger partial charge in [0.05, 0.1) is 0 Å². The summed E-state index contributed by atoms with van der Waals surface area (Å²) >= 11 is 0. The van der Waals surface area contributed by atoms with Gasteiger partial charge in [0.2, 0.25) is 5.95 Å². The van der Waals surface area contributed by atoms with E-state index in [9.17, 15) is 0 Å². The van der Waals surface area contributed by atoms with Gasteiger partial charge in [-0.25, -0.2) is 9.97 Å². The van der Waals surface area contributed by atoms with Crippen LogP contribution in [0.4, 0.5) is 5.95 Å². The Balaban J connectivity index is 1.92. The van der Waals surface area contributed by atoms with Crippen LogP contribution in [0.5, 0.6) is 0 Å². The fraction of sp³-hybridized carbons (Fsp3) is 0.400. The molecule has 0 unspecified atom stereocenters. The van der Waals surface area contributed by atoms with Crippen LogP contribution < -0.4 is 11.1 Å². The minimum absolute atomic E-state index is 0.306. The molecule has 0 atom stereocenters. The van der Waals surface area contributed by atoms with Gasteiger partial charge < -0.3 is 10.2 Å². The highest BCUT2D eigenvalue weighted by atomic mass is 16.3. The molecule has 2 aromatic heterocycles. The van der Waals surface area contributed by atoms with Crippen LogP contribution in [0.25, 0.3) is 0 Å². The lowest BCUT2D eigenvalue weighted by molar-refractivity contribution is 0.483. The van der Waals surface area contributed by atoms with E-state index >= 15 is 0 Å². The Morgan fingerprint density at radius 3 is 2.43 bits per heavy atom. The third kappa shape index (κ3) is 4.30. The molecule has 0 aliphatic heterocycles. The second-order valence-corrected chi connectivity index (χ2v) is 5.07. The normalized spacial score (nSPS) is 11.7. The lowest BCUT2D eigenvalue weighted by atomic mass is 10.2. The second kappa shape index (κ2) is 6.39. The van der Waals surface area contributed by atoms with Crippen LogP contribution in [-0.2, 0) is 6.42 Å². The van der Waals surface area contributed by atoms with Crippen molar-refractivity contribution in [3.8, 4) is 0 Å². The SMILES string of the molecule is Cc1cc(C)nc(NC(N)=NCCc2cc(C)c(C)o2)n1. The molecule has 0 aliphatic rings. The Labute approximate surface area is 124 Å². The van der Waals surface area contributed by atoms with Crippen molar-refractivity contribution in [2.45, 2.75) is 34.1 Å². The number of aromatic nitrogens is 2. The molecule has 2 heterocycles. The second-order valence-electron chi connectivity index (χ2n) is 5.07. The smallest absolute Gasteiger partial charge is 0.229 e. The molecule has 0 aliphatic carbocycles. The van der Waals surface area contributed by atoms with Gasteiger partial charge in [-0.15, -0.1) is 0 Å². The number of hydrogen-bond acceptors (Lipinski definition) is 4. The van der Waals surface area contributed by atoms with Crippen molar-refractivity contribution in [1.29, 1.82) is 0 Å². The van der Waals surface area contributed by atoms with Crippen molar-refractivity contribution in [2.75, 3.05) is 11.9 Å². The maximum atomic E-state index is 5.83. The Bertz CT molecular complexity index is 620. The first kappa shape index (κ1) is 15.0. The summed E-state index contributed by atoms with van der Waals surface area (Å²) in [4.78, 5) is 12.8. The quantitative estimate of drug-likeness (QED) is 0.665. The zero-order valence-corrected chi connectivity index (χ0v) is 12.9. The number of aryl methyl sites for hydroxylation is 4. The zero-order valence-electron chi connectivity index (χ0n) is 12.9. The van der Waals surface area contributed by atoms with E-state index in [0.717, 1.165) is 28.5 Å². The fourth-order valence-electron chi connectivity index (χ4n) is 2.00. The lowest BCUT2D eigenvalue weighted by Gasteiger charge is -2.05. The van der Waals surface area contributed by atoms with Crippen molar-refractivity contribution in [3.05, 3.63) is 40.6 Å². The van der Waals surface area contributed by atoms with E-state index in [0.29, 0.717) is 24.9 Å². The topological polar surface area (TPSA) is 89.3 Å². The van der Waals surface area contributed by atoms with Crippen LogP contribution >= 0.6 is 0 Å². The molecule has 0 fully saturated rings. The van der Waals surface area contributed by atoms with Crippen LogP contribution in [0.3, 0.4) is 0 Å². The van der Waals surface area contributed by atoms with Gasteiger partial charge in [0.25, 0.3) is 0 Å². The van der Waals surface area contributed by atoms with Gasteiger partial charge in [0.1, 0.15) is 11.5 Å². The molecule has 0 amide bonds. The maximum Gasteiger partial charge on any atom is 0.229 e. The summed E-state index contributed by atoms with van der Waals surface area (Å²) < 4.78 is 5.59. The largest absolute Gasteiger partial charge is 0.466 e. The number of guanidine groups is 1. The third-order valence-corrected chi connectivity index (χ3v) is 3.08. The predicted molar refractivity (Wildman–Crippen MR) is 83.5 cm³/mol. The molecule has 0 aromatic carbocycles. The van der Waals surface area contributed by atoms with Crippen LogP contribution in [0.2, 0.25) is 0 Å². The van der Waals surface area contributed by atoms with E-state index in [4.69, 9.17) is 10.2 Å². The van der Waals surface area contributed by atoms with Crippen molar-refractivity contribution in [3.63, 3.8) is 0 Å². The molecular formula is C15H21N5O. The first-order valence-electron chi connectivity index (χ1n) is 6.89. The van der Waals surface area contributed by atoms with E-state index in [1.54, 1.807) is 0 Å². The number of nitrogens with one attached hydrogen (secondary N) is 1. The molecule has 6 nitrogen and oxygen atoms in total. The van der Waals surface area contributed by atoms with Crippen molar-refractivity contribution in [2.24, 2.45) is 10.7 Å². The van der Waals surface area contributed by atoms with Crippen molar-refractivity contribution < 1.29 is 4.42 Å². The van der Waals surface area contributed by atoms with Crippen molar-refractivity contribution >= 4 is 11.9 Å². The minimum atomic E-state index is 0.306. The summed E-state index contributed by atoms with van der Waals surface area (Å²) in [5.41, 5.74) is 8.77. The number of furan rings is 1. The van der Waals surface area contributed by atoms with Gasteiger partial charge in [0, 0.05) is 24.4 Å². The summed E-state index contributed by atoms with van der Waals surface area (Å²) in [7, 11) is 0. The summed E-state index contributed by atoms with van der Waals surface area (Å²) in [6.45, 7) is 8.36. The minimum Gasteiger partial charge on any atom is -0.466 e. The van der Waals surface area contributed by atoms with Gasteiger partial charge >= 0.3 is 0 Å². The van der Waals surface area contributed by atoms with E-state index in [1.807, 2.05) is 39.8 Å². The molecule has 0 saturated carbocycles. The Morgan fingerprint density at radius 2 is 1.86 bits per heavy atom. The first-order chi connectivity index (χ1) is 9.94. The Morgan fingerprint density at radius 1 is 1.19 bits per heavy atom. The molecule has 0 bridgehead atoms. The number of hydrogen-bond donors (Lipinski definition) is 2. The fourth-order valence-corrected chi connectivity index (χ4v) is 2.00. The number of nitrogens with zero attached hydrogens (tertiary/aromatic N) is 3. The molecule has 3 N–H and O–H groups in total. The van der Waals surface area contributed by atoms with Crippen LogP contribution in [-0.4, -0.2) is 22.5 Å². The monoisotopic (exact) mass is 287 g/mol. The molecule has 6 heteroatoms. The average molecular weight is 287 g/mol. The summed E-state index contributed by atoms with van der Waals surface area (Å²) in [5.74, 6) is 2.64. The molecular weight excluding hydrogens is 266 g/mol. The number of anilines is 1. The van der Waals surface area contributed by atoms with Gasteiger partial charge in [-0.05, 0) is 45.4 Å². The van der Waals surface area contributed by atoms with E-state index in [1.165, 1.54) is 0 Å². The first-order valence-corrected chi connectivity index (χ1v) is 6.89. The third-order valence-electron chi connectivity index (χ3n) is 3.08. The molecule has 0 radical (unpaired) electrons. The van der Waals surface area contributed by atoms with Gasteiger partial charge in [-0.3, -0.25) is 10.3 Å². The average Bonchev–Trinajstić information content (AvgIpc) is 2.67. The van der Waals surface area contributed by atoms with Gasteiger partial charge in [0.15, 0.2) is 5.96 Å². The molecule has 2 aromatic rings. The number of aliphatic imine (C=N–C) groups is 1. The van der Waals surface area contributed by atoms with Crippen LogP contribution in [0.15, 0.2) is 21.5 Å². The van der Waals surface area contributed by atoms with Crippen molar-refractivity contribution in [1.82, 2.24) is 9.97 Å². The molecule has 0 saturated heterocycles. The summed E-state index contributed by atoms with van der Waals surface area (Å²) in [5, 5.41) is 2.90. The highest BCUT2D eigenvalue weighted by Gasteiger charge is 2.04. The highest BCUT2D eigenvalue weighted by Crippen LogP contribution is 2.13. The lowest BCUT2D eigenvalue weighted by Crippen LogP contribution is -2.24. The van der Waals surface area contributed by atoms with E-state index < -0.39 is 0 Å². The standard InChI is InChI=1S/C15H21N5O/c1-9-7-13(21-12(9)4)5-6-17-14(16)20-15-18-10(2)8-11(3)19-15/h7-8H,5-6H2,1-4H3,(H3,16,17,18,19,20). The molecule has 2 rings (SSSR count). The molecule has 112 valence electrons. The zero-order chi connectivity index (χ0) is 15.4. The summed E-state index contributed by atoms with van der Waals surface area (Å²) in [6, 6.07) is 3.93. The molecule has 0 spiro atoms. The number of rotatable bonds is 4. The van der Waals surface area contributed by atoms with Crippen LogP contribution in [0.1, 0.15) is 28.5 Å². The van der Waals surface area contributed by atoms with Gasteiger partial charge in [-0.2, -0.15) is 0 Å².